The number of aliphatic hydroxyl groups excluding tert-OH is 1. The number of carbonyl (C=O) groups is 1. The number of hydrogen-bond donors (Lipinski definition) is 4. The summed E-state index contributed by atoms with van der Waals surface area (Å²) in [6, 6.07) is 7.86. The Hall–Kier alpha value is -1.59. The first-order chi connectivity index (χ1) is 9.74. The Labute approximate surface area is 119 Å². The highest BCUT2D eigenvalue weighted by molar-refractivity contribution is 5.94. The van der Waals surface area contributed by atoms with Crippen LogP contribution in [0, 0.1) is 5.92 Å². The summed E-state index contributed by atoms with van der Waals surface area (Å²) < 4.78 is 0. The highest BCUT2D eigenvalue weighted by Crippen LogP contribution is 2.27. The van der Waals surface area contributed by atoms with E-state index in [9.17, 15) is 4.79 Å². The van der Waals surface area contributed by atoms with E-state index in [4.69, 9.17) is 10.8 Å². The van der Waals surface area contributed by atoms with Crippen molar-refractivity contribution in [1.82, 2.24) is 5.32 Å². The molecule has 0 aromatic heterocycles. The molecule has 0 bridgehead atoms. The van der Waals surface area contributed by atoms with Crippen LogP contribution in [0.3, 0.4) is 0 Å². The Kier molecular flexibility index (Phi) is 5.38. The van der Waals surface area contributed by atoms with Crippen molar-refractivity contribution in [3.63, 3.8) is 0 Å². The third-order valence-electron chi connectivity index (χ3n) is 3.86. The van der Waals surface area contributed by atoms with Gasteiger partial charge in [0.2, 0.25) is 0 Å². The van der Waals surface area contributed by atoms with Crippen LogP contribution in [0.4, 0.5) is 5.69 Å². The lowest BCUT2D eigenvalue weighted by Crippen LogP contribution is -2.29. The molecule has 1 aliphatic rings. The first kappa shape index (κ1) is 14.8. The highest BCUT2D eigenvalue weighted by atomic mass is 16.3. The maximum absolute atomic E-state index is 11.7. The number of carbonyl (C=O) groups excluding carboxylic acids is 1. The molecule has 110 valence electrons. The van der Waals surface area contributed by atoms with Crippen LogP contribution in [-0.4, -0.2) is 36.8 Å². The molecule has 0 saturated heterocycles. The number of anilines is 1. The van der Waals surface area contributed by atoms with Crippen LogP contribution in [0.2, 0.25) is 0 Å². The summed E-state index contributed by atoms with van der Waals surface area (Å²) in [5.74, 6) is 0.383. The van der Waals surface area contributed by atoms with Gasteiger partial charge in [0.15, 0.2) is 0 Å². The number of nitrogens with two attached hydrogens (primary N) is 1. The molecule has 1 saturated carbocycles. The van der Waals surface area contributed by atoms with Crippen molar-refractivity contribution < 1.29 is 9.90 Å². The standard InChI is InChI=1S/C15H23N3O2/c16-10-12-2-1-3-14(12)18-13-6-4-11(5-7-13)15(20)17-8-9-19/h4-7,12,14,18-19H,1-3,8-10,16H2,(H,17,20). The molecular formula is C15H23N3O2. The Bertz CT molecular complexity index is 433. The van der Waals surface area contributed by atoms with Gasteiger partial charge >= 0.3 is 0 Å². The zero-order valence-corrected chi connectivity index (χ0v) is 11.6. The molecule has 5 nitrogen and oxygen atoms in total. The van der Waals surface area contributed by atoms with Crippen LogP contribution >= 0.6 is 0 Å². The number of rotatable bonds is 6. The van der Waals surface area contributed by atoms with Gasteiger partial charge in [-0.3, -0.25) is 4.79 Å². The van der Waals surface area contributed by atoms with Crippen molar-refractivity contribution in [3.05, 3.63) is 29.8 Å². The van der Waals surface area contributed by atoms with E-state index in [2.05, 4.69) is 10.6 Å². The normalized spacial score (nSPS) is 21.7. The van der Waals surface area contributed by atoms with Crippen molar-refractivity contribution in [3.8, 4) is 0 Å². The van der Waals surface area contributed by atoms with E-state index in [0.29, 0.717) is 17.5 Å². The van der Waals surface area contributed by atoms with Gasteiger partial charge in [0.25, 0.3) is 5.91 Å². The molecule has 1 aromatic rings. The minimum Gasteiger partial charge on any atom is -0.395 e. The van der Waals surface area contributed by atoms with Crippen LogP contribution in [0.25, 0.3) is 0 Å². The molecule has 0 heterocycles. The zero-order valence-electron chi connectivity index (χ0n) is 11.6. The largest absolute Gasteiger partial charge is 0.395 e. The van der Waals surface area contributed by atoms with Gasteiger partial charge in [0, 0.05) is 23.8 Å². The van der Waals surface area contributed by atoms with Crippen molar-refractivity contribution in [1.29, 1.82) is 0 Å². The van der Waals surface area contributed by atoms with E-state index in [0.717, 1.165) is 18.7 Å². The van der Waals surface area contributed by atoms with Crippen LogP contribution in [0.1, 0.15) is 29.6 Å². The van der Waals surface area contributed by atoms with Gasteiger partial charge in [-0.15, -0.1) is 0 Å². The SMILES string of the molecule is NCC1CCCC1Nc1ccc(C(=O)NCCO)cc1. The fraction of sp³-hybridized carbons (Fsp3) is 0.533. The summed E-state index contributed by atoms with van der Waals surface area (Å²) in [6.07, 6.45) is 3.57. The minimum atomic E-state index is -0.161. The van der Waals surface area contributed by atoms with Gasteiger partial charge in [-0.25, -0.2) is 0 Å². The molecule has 2 unspecified atom stereocenters. The molecule has 5 heteroatoms. The van der Waals surface area contributed by atoms with Crippen LogP contribution in [0.15, 0.2) is 24.3 Å². The number of nitrogens with one attached hydrogen (secondary N) is 2. The molecule has 0 aliphatic heterocycles. The topological polar surface area (TPSA) is 87.4 Å². The second-order valence-electron chi connectivity index (χ2n) is 5.23. The summed E-state index contributed by atoms with van der Waals surface area (Å²) >= 11 is 0. The molecule has 1 aromatic carbocycles. The predicted molar refractivity (Wildman–Crippen MR) is 79.7 cm³/mol. The maximum Gasteiger partial charge on any atom is 0.251 e. The molecule has 5 N–H and O–H groups in total. The molecule has 1 amide bonds. The Morgan fingerprint density at radius 1 is 1.30 bits per heavy atom. The Morgan fingerprint density at radius 2 is 2.05 bits per heavy atom. The third-order valence-corrected chi connectivity index (χ3v) is 3.86. The van der Waals surface area contributed by atoms with Gasteiger partial charge in [-0.1, -0.05) is 6.42 Å². The molecule has 2 rings (SSSR count). The average molecular weight is 277 g/mol. The van der Waals surface area contributed by atoms with E-state index in [1.165, 1.54) is 12.8 Å². The molecule has 2 atom stereocenters. The van der Waals surface area contributed by atoms with E-state index in [1.54, 1.807) is 12.1 Å². The highest BCUT2D eigenvalue weighted by Gasteiger charge is 2.25. The Morgan fingerprint density at radius 3 is 2.70 bits per heavy atom. The summed E-state index contributed by atoms with van der Waals surface area (Å²) in [5, 5.41) is 14.8. The van der Waals surface area contributed by atoms with Crippen LogP contribution in [-0.2, 0) is 0 Å². The monoisotopic (exact) mass is 277 g/mol. The fourth-order valence-electron chi connectivity index (χ4n) is 2.71. The molecular weight excluding hydrogens is 254 g/mol. The minimum absolute atomic E-state index is 0.0481. The zero-order chi connectivity index (χ0) is 14.4. The summed E-state index contributed by atoms with van der Waals surface area (Å²) in [5.41, 5.74) is 7.40. The molecule has 0 radical (unpaired) electrons. The van der Waals surface area contributed by atoms with E-state index in [1.807, 2.05) is 12.1 Å². The molecule has 1 fully saturated rings. The van der Waals surface area contributed by atoms with Crippen LogP contribution < -0.4 is 16.4 Å². The van der Waals surface area contributed by atoms with E-state index >= 15 is 0 Å². The summed E-state index contributed by atoms with van der Waals surface area (Å²) in [6.45, 7) is 0.950. The van der Waals surface area contributed by atoms with Gasteiger partial charge in [-0.2, -0.15) is 0 Å². The first-order valence-corrected chi connectivity index (χ1v) is 7.20. The second-order valence-corrected chi connectivity index (χ2v) is 5.23. The van der Waals surface area contributed by atoms with Crippen molar-refractivity contribution in [2.75, 3.05) is 25.0 Å². The molecule has 0 spiro atoms. The lowest BCUT2D eigenvalue weighted by molar-refractivity contribution is 0.0945. The predicted octanol–water partition coefficient (Wildman–Crippen LogP) is 0.948. The van der Waals surface area contributed by atoms with Gasteiger partial charge in [0.05, 0.1) is 6.61 Å². The van der Waals surface area contributed by atoms with Gasteiger partial charge in [-0.05, 0) is 49.6 Å². The lowest BCUT2D eigenvalue weighted by Gasteiger charge is -2.20. The van der Waals surface area contributed by atoms with Crippen LogP contribution in [0.5, 0.6) is 0 Å². The number of hydrogen-bond acceptors (Lipinski definition) is 4. The quantitative estimate of drug-likeness (QED) is 0.623. The Balaban J connectivity index is 1.92. The number of amides is 1. The second kappa shape index (κ2) is 7.26. The summed E-state index contributed by atoms with van der Waals surface area (Å²) in [4.78, 5) is 11.7. The van der Waals surface area contributed by atoms with E-state index in [-0.39, 0.29) is 19.1 Å². The van der Waals surface area contributed by atoms with Gasteiger partial charge in [0.1, 0.15) is 0 Å². The van der Waals surface area contributed by atoms with Crippen molar-refractivity contribution in [2.45, 2.75) is 25.3 Å². The third kappa shape index (κ3) is 3.71. The fourth-order valence-corrected chi connectivity index (χ4v) is 2.71. The van der Waals surface area contributed by atoms with E-state index < -0.39 is 0 Å². The first-order valence-electron chi connectivity index (χ1n) is 7.20. The lowest BCUT2D eigenvalue weighted by atomic mass is 10.0. The average Bonchev–Trinajstić information content (AvgIpc) is 2.92. The van der Waals surface area contributed by atoms with Crippen molar-refractivity contribution in [2.24, 2.45) is 11.7 Å². The summed E-state index contributed by atoms with van der Waals surface area (Å²) in [7, 11) is 0. The smallest absolute Gasteiger partial charge is 0.251 e. The maximum atomic E-state index is 11.7. The molecule has 1 aliphatic carbocycles. The number of aliphatic hydroxyl groups is 1. The van der Waals surface area contributed by atoms with Gasteiger partial charge < -0.3 is 21.5 Å². The number of benzene rings is 1. The molecule has 20 heavy (non-hydrogen) atoms. The van der Waals surface area contributed by atoms with Crippen molar-refractivity contribution >= 4 is 11.6 Å².